The van der Waals surface area contributed by atoms with Crippen molar-refractivity contribution in [1.82, 2.24) is 10.3 Å². The molecule has 0 aliphatic heterocycles. The predicted octanol–water partition coefficient (Wildman–Crippen LogP) is 3.14. The summed E-state index contributed by atoms with van der Waals surface area (Å²) in [6.07, 6.45) is 6.18. The van der Waals surface area contributed by atoms with Crippen molar-refractivity contribution in [3.63, 3.8) is 0 Å². The number of carboxylic acid groups (broad SMARTS) is 1. The van der Waals surface area contributed by atoms with Crippen molar-refractivity contribution in [1.29, 1.82) is 0 Å². The van der Waals surface area contributed by atoms with Crippen LogP contribution in [0, 0.1) is 0 Å². The minimum absolute atomic E-state index is 0.285. The van der Waals surface area contributed by atoms with E-state index in [2.05, 4.69) is 10.3 Å². The van der Waals surface area contributed by atoms with E-state index in [0.29, 0.717) is 12.8 Å². The Bertz CT molecular complexity index is 729. The van der Waals surface area contributed by atoms with Crippen LogP contribution in [0.4, 0.5) is 0 Å². The molecule has 0 saturated heterocycles. The first-order valence-electron chi connectivity index (χ1n) is 8.02. The summed E-state index contributed by atoms with van der Waals surface area (Å²) < 4.78 is 0. The zero-order valence-corrected chi connectivity index (χ0v) is 12.9. The number of aliphatic carboxylic acids is 1. The molecule has 1 amide bonds. The second-order valence-corrected chi connectivity index (χ2v) is 6.14. The van der Waals surface area contributed by atoms with Gasteiger partial charge in [-0.15, -0.1) is 0 Å². The standard InChI is InChI=1S/C18H20N2O3/c21-16(15-14-8-4-3-7-13(14)9-12-19-15)20-18(17(22)23)10-5-1-2-6-11-18/h3-4,7-9,12H,1-2,5-6,10-11H2,(H,20,21)(H,22,23). The highest BCUT2D eigenvalue weighted by Gasteiger charge is 2.40. The van der Waals surface area contributed by atoms with Crippen LogP contribution in [0.3, 0.4) is 0 Å². The van der Waals surface area contributed by atoms with Crippen LogP contribution in [0.15, 0.2) is 36.5 Å². The van der Waals surface area contributed by atoms with E-state index < -0.39 is 17.4 Å². The van der Waals surface area contributed by atoms with E-state index >= 15 is 0 Å². The smallest absolute Gasteiger partial charge is 0.329 e. The van der Waals surface area contributed by atoms with Gasteiger partial charge in [0.1, 0.15) is 11.2 Å². The molecule has 1 fully saturated rings. The number of hydrogen-bond donors (Lipinski definition) is 2. The second kappa shape index (κ2) is 6.36. The van der Waals surface area contributed by atoms with Crippen LogP contribution < -0.4 is 5.32 Å². The number of carbonyl (C=O) groups is 2. The number of pyridine rings is 1. The Hall–Kier alpha value is -2.43. The molecule has 0 atom stereocenters. The van der Waals surface area contributed by atoms with Crippen LogP contribution in [-0.2, 0) is 4.79 Å². The summed E-state index contributed by atoms with van der Waals surface area (Å²) in [7, 11) is 0. The van der Waals surface area contributed by atoms with Crippen molar-refractivity contribution in [2.24, 2.45) is 0 Å². The third-order valence-electron chi connectivity index (χ3n) is 4.61. The van der Waals surface area contributed by atoms with Gasteiger partial charge in [0.25, 0.3) is 5.91 Å². The van der Waals surface area contributed by atoms with Gasteiger partial charge in [-0.3, -0.25) is 9.78 Å². The normalized spacial score (nSPS) is 17.4. The second-order valence-electron chi connectivity index (χ2n) is 6.14. The quantitative estimate of drug-likeness (QED) is 0.853. The summed E-state index contributed by atoms with van der Waals surface area (Å²) in [5.41, 5.74) is -0.889. The van der Waals surface area contributed by atoms with E-state index in [0.717, 1.165) is 36.5 Å². The van der Waals surface area contributed by atoms with Gasteiger partial charge in [-0.1, -0.05) is 49.9 Å². The Balaban J connectivity index is 1.93. The van der Waals surface area contributed by atoms with E-state index in [1.54, 1.807) is 6.20 Å². The van der Waals surface area contributed by atoms with E-state index in [1.165, 1.54) is 0 Å². The van der Waals surface area contributed by atoms with Gasteiger partial charge < -0.3 is 10.4 Å². The fourth-order valence-electron chi connectivity index (χ4n) is 3.30. The van der Waals surface area contributed by atoms with Gasteiger partial charge in [0.2, 0.25) is 0 Å². The molecule has 1 aromatic heterocycles. The summed E-state index contributed by atoms with van der Waals surface area (Å²) >= 11 is 0. The SMILES string of the molecule is O=C(NC1(C(=O)O)CCCCCC1)c1nccc2ccccc12. The lowest BCUT2D eigenvalue weighted by Crippen LogP contribution is -2.54. The Kier molecular flexibility index (Phi) is 4.28. The molecule has 0 unspecified atom stereocenters. The van der Waals surface area contributed by atoms with Crippen molar-refractivity contribution >= 4 is 22.6 Å². The number of benzene rings is 1. The predicted molar refractivity (Wildman–Crippen MR) is 87.3 cm³/mol. The number of carbonyl (C=O) groups excluding carboxylic acids is 1. The van der Waals surface area contributed by atoms with Crippen LogP contribution in [0.1, 0.15) is 49.0 Å². The Morgan fingerprint density at radius 3 is 2.43 bits per heavy atom. The molecule has 0 spiro atoms. The van der Waals surface area contributed by atoms with Crippen molar-refractivity contribution in [3.05, 3.63) is 42.2 Å². The first-order chi connectivity index (χ1) is 11.1. The Labute approximate surface area is 134 Å². The van der Waals surface area contributed by atoms with Crippen LogP contribution >= 0.6 is 0 Å². The molecule has 1 saturated carbocycles. The molecule has 3 rings (SSSR count). The lowest BCUT2D eigenvalue weighted by Gasteiger charge is -2.29. The van der Waals surface area contributed by atoms with Crippen molar-refractivity contribution in [2.75, 3.05) is 0 Å². The zero-order chi connectivity index (χ0) is 16.3. The molecule has 2 N–H and O–H groups in total. The summed E-state index contributed by atoms with van der Waals surface area (Å²) in [5.74, 6) is -1.36. The Morgan fingerprint density at radius 1 is 1.04 bits per heavy atom. The summed E-state index contributed by atoms with van der Waals surface area (Å²) in [6, 6.07) is 9.32. The van der Waals surface area contributed by atoms with Crippen molar-refractivity contribution in [2.45, 2.75) is 44.1 Å². The molecule has 2 aromatic rings. The van der Waals surface area contributed by atoms with Gasteiger partial charge in [0.15, 0.2) is 0 Å². The molecule has 1 aliphatic rings. The molecule has 1 aliphatic carbocycles. The van der Waals surface area contributed by atoms with Gasteiger partial charge >= 0.3 is 5.97 Å². The third kappa shape index (κ3) is 3.04. The largest absolute Gasteiger partial charge is 0.480 e. The van der Waals surface area contributed by atoms with Crippen molar-refractivity contribution < 1.29 is 14.7 Å². The Morgan fingerprint density at radius 2 is 1.74 bits per heavy atom. The molecular weight excluding hydrogens is 292 g/mol. The molecule has 5 nitrogen and oxygen atoms in total. The molecule has 1 aromatic carbocycles. The van der Waals surface area contributed by atoms with E-state index in [1.807, 2.05) is 30.3 Å². The van der Waals surface area contributed by atoms with E-state index in [-0.39, 0.29) is 5.69 Å². The minimum Gasteiger partial charge on any atom is -0.480 e. The molecular formula is C18H20N2O3. The number of aromatic nitrogens is 1. The number of nitrogens with zero attached hydrogens (tertiary/aromatic N) is 1. The zero-order valence-electron chi connectivity index (χ0n) is 12.9. The van der Waals surface area contributed by atoms with E-state index in [4.69, 9.17) is 0 Å². The average molecular weight is 312 g/mol. The van der Waals surface area contributed by atoms with Crippen LogP contribution in [-0.4, -0.2) is 27.5 Å². The van der Waals surface area contributed by atoms with E-state index in [9.17, 15) is 14.7 Å². The highest BCUT2D eigenvalue weighted by atomic mass is 16.4. The number of fused-ring (bicyclic) bond motifs is 1. The van der Waals surface area contributed by atoms with Gasteiger partial charge in [-0.2, -0.15) is 0 Å². The van der Waals surface area contributed by atoms with Gasteiger partial charge in [0, 0.05) is 11.6 Å². The fourth-order valence-corrected chi connectivity index (χ4v) is 3.30. The third-order valence-corrected chi connectivity index (χ3v) is 4.61. The monoisotopic (exact) mass is 312 g/mol. The van der Waals surface area contributed by atoms with Gasteiger partial charge in [-0.25, -0.2) is 4.79 Å². The number of carboxylic acids is 1. The lowest BCUT2D eigenvalue weighted by molar-refractivity contribution is -0.145. The molecule has 0 bridgehead atoms. The minimum atomic E-state index is -1.17. The number of rotatable bonds is 3. The first-order valence-corrected chi connectivity index (χ1v) is 8.02. The maximum atomic E-state index is 12.7. The molecule has 120 valence electrons. The number of nitrogens with one attached hydrogen (secondary N) is 1. The summed E-state index contributed by atoms with van der Waals surface area (Å²) in [4.78, 5) is 28.7. The molecule has 1 heterocycles. The van der Waals surface area contributed by atoms with Crippen molar-refractivity contribution in [3.8, 4) is 0 Å². The summed E-state index contributed by atoms with van der Waals surface area (Å²) in [5, 5.41) is 14.1. The first kappa shape index (κ1) is 15.5. The average Bonchev–Trinajstić information content (AvgIpc) is 2.81. The maximum absolute atomic E-state index is 12.7. The number of hydrogen-bond acceptors (Lipinski definition) is 3. The highest BCUT2D eigenvalue weighted by molar-refractivity contribution is 6.06. The van der Waals surface area contributed by atoms with Crippen LogP contribution in [0.25, 0.3) is 10.8 Å². The van der Waals surface area contributed by atoms with Gasteiger partial charge in [-0.05, 0) is 24.3 Å². The number of amides is 1. The molecule has 5 heteroatoms. The molecule has 0 radical (unpaired) electrons. The van der Waals surface area contributed by atoms with Crippen LogP contribution in [0.2, 0.25) is 0 Å². The lowest BCUT2D eigenvalue weighted by atomic mass is 9.90. The van der Waals surface area contributed by atoms with Gasteiger partial charge in [0.05, 0.1) is 0 Å². The molecule has 23 heavy (non-hydrogen) atoms. The highest BCUT2D eigenvalue weighted by Crippen LogP contribution is 2.28. The summed E-state index contributed by atoms with van der Waals surface area (Å²) in [6.45, 7) is 0. The maximum Gasteiger partial charge on any atom is 0.329 e. The fraction of sp³-hybridized carbons (Fsp3) is 0.389. The van der Waals surface area contributed by atoms with Crippen LogP contribution in [0.5, 0.6) is 0 Å². The topological polar surface area (TPSA) is 79.3 Å².